The second-order valence-electron chi connectivity index (χ2n) is 4.11. The lowest BCUT2D eigenvalue weighted by molar-refractivity contribution is 0.249. The fourth-order valence-electron chi connectivity index (χ4n) is 1.67. The van der Waals surface area contributed by atoms with Crippen molar-refractivity contribution in [1.82, 2.24) is 10.3 Å². The molecule has 1 heterocycles. The standard InChI is InChI=1S/C14H14ClN3O/c1-10(11-5-7-16-8-6-11)17-14(19)18-13-4-2-3-12(15)9-13/h2-10H,1H3,(H2,17,18,19). The van der Waals surface area contributed by atoms with E-state index in [0.29, 0.717) is 10.7 Å². The number of rotatable bonds is 3. The average Bonchev–Trinajstić information content (AvgIpc) is 2.39. The van der Waals surface area contributed by atoms with Crippen molar-refractivity contribution in [2.24, 2.45) is 0 Å². The molecule has 1 unspecified atom stereocenters. The number of nitrogens with one attached hydrogen (secondary N) is 2. The maximum absolute atomic E-state index is 11.8. The Morgan fingerprint density at radius 3 is 2.68 bits per heavy atom. The second kappa shape index (κ2) is 6.20. The Morgan fingerprint density at radius 1 is 1.26 bits per heavy atom. The number of urea groups is 1. The van der Waals surface area contributed by atoms with Gasteiger partial charge in [-0.05, 0) is 42.8 Å². The smallest absolute Gasteiger partial charge is 0.319 e. The molecular formula is C14H14ClN3O. The van der Waals surface area contributed by atoms with E-state index in [4.69, 9.17) is 11.6 Å². The summed E-state index contributed by atoms with van der Waals surface area (Å²) in [5.41, 5.74) is 1.66. The molecule has 1 atom stereocenters. The lowest BCUT2D eigenvalue weighted by atomic mass is 10.1. The zero-order valence-corrected chi connectivity index (χ0v) is 11.2. The van der Waals surface area contributed by atoms with Gasteiger partial charge in [-0.2, -0.15) is 0 Å². The Hall–Kier alpha value is -2.07. The van der Waals surface area contributed by atoms with Crippen LogP contribution in [-0.2, 0) is 0 Å². The van der Waals surface area contributed by atoms with E-state index >= 15 is 0 Å². The molecule has 1 aromatic heterocycles. The SMILES string of the molecule is CC(NC(=O)Nc1cccc(Cl)c1)c1ccncc1. The van der Waals surface area contributed by atoms with Crippen LogP contribution in [0.4, 0.5) is 10.5 Å². The van der Waals surface area contributed by atoms with Crippen LogP contribution < -0.4 is 10.6 Å². The number of pyridine rings is 1. The van der Waals surface area contributed by atoms with Crippen LogP contribution >= 0.6 is 11.6 Å². The third kappa shape index (κ3) is 3.96. The molecule has 0 radical (unpaired) electrons. The van der Waals surface area contributed by atoms with E-state index in [1.807, 2.05) is 19.1 Å². The minimum atomic E-state index is -0.272. The molecule has 5 heteroatoms. The van der Waals surface area contributed by atoms with Gasteiger partial charge in [0.1, 0.15) is 0 Å². The van der Waals surface area contributed by atoms with Gasteiger partial charge in [-0.1, -0.05) is 17.7 Å². The molecular weight excluding hydrogens is 262 g/mol. The summed E-state index contributed by atoms with van der Waals surface area (Å²) in [6.07, 6.45) is 3.39. The number of hydrogen-bond donors (Lipinski definition) is 2. The number of hydrogen-bond acceptors (Lipinski definition) is 2. The van der Waals surface area contributed by atoms with Gasteiger partial charge in [0.25, 0.3) is 0 Å². The maximum Gasteiger partial charge on any atom is 0.319 e. The van der Waals surface area contributed by atoms with Crippen molar-refractivity contribution in [3.05, 3.63) is 59.4 Å². The van der Waals surface area contributed by atoms with Crippen molar-refractivity contribution >= 4 is 23.3 Å². The van der Waals surface area contributed by atoms with Crippen molar-refractivity contribution in [3.8, 4) is 0 Å². The molecule has 1 aromatic carbocycles. The fraction of sp³-hybridized carbons (Fsp3) is 0.143. The van der Waals surface area contributed by atoms with Crippen molar-refractivity contribution in [2.45, 2.75) is 13.0 Å². The zero-order chi connectivity index (χ0) is 13.7. The van der Waals surface area contributed by atoms with Crippen LogP contribution in [0.5, 0.6) is 0 Å². The summed E-state index contributed by atoms with van der Waals surface area (Å²) < 4.78 is 0. The van der Waals surface area contributed by atoms with Gasteiger partial charge in [-0.3, -0.25) is 4.98 Å². The van der Waals surface area contributed by atoms with Crippen molar-refractivity contribution < 1.29 is 4.79 Å². The van der Waals surface area contributed by atoms with Crippen LogP contribution in [0.3, 0.4) is 0 Å². The molecule has 2 N–H and O–H groups in total. The minimum Gasteiger partial charge on any atom is -0.331 e. The van der Waals surface area contributed by atoms with E-state index < -0.39 is 0 Å². The highest BCUT2D eigenvalue weighted by atomic mass is 35.5. The number of carbonyl (C=O) groups is 1. The summed E-state index contributed by atoms with van der Waals surface area (Å²) in [6.45, 7) is 1.91. The molecule has 0 spiro atoms. The number of benzene rings is 1. The highest BCUT2D eigenvalue weighted by Crippen LogP contribution is 2.15. The minimum absolute atomic E-state index is 0.0952. The van der Waals surface area contributed by atoms with E-state index in [0.717, 1.165) is 5.56 Å². The number of anilines is 1. The summed E-state index contributed by atoms with van der Waals surface area (Å²) in [7, 11) is 0. The number of nitrogens with zero attached hydrogens (tertiary/aromatic N) is 1. The van der Waals surface area contributed by atoms with E-state index in [2.05, 4.69) is 15.6 Å². The highest BCUT2D eigenvalue weighted by Gasteiger charge is 2.09. The van der Waals surface area contributed by atoms with Crippen LogP contribution in [0.1, 0.15) is 18.5 Å². The number of aromatic nitrogens is 1. The molecule has 19 heavy (non-hydrogen) atoms. The average molecular weight is 276 g/mol. The molecule has 0 aliphatic carbocycles. The fourth-order valence-corrected chi connectivity index (χ4v) is 1.86. The molecule has 4 nitrogen and oxygen atoms in total. The van der Waals surface area contributed by atoms with E-state index in [-0.39, 0.29) is 12.1 Å². The summed E-state index contributed by atoms with van der Waals surface area (Å²) in [6, 6.07) is 10.4. The Morgan fingerprint density at radius 2 is 2.00 bits per heavy atom. The van der Waals surface area contributed by atoms with Gasteiger partial charge < -0.3 is 10.6 Å². The van der Waals surface area contributed by atoms with Gasteiger partial charge in [0, 0.05) is 23.1 Å². The second-order valence-corrected chi connectivity index (χ2v) is 4.55. The highest BCUT2D eigenvalue weighted by molar-refractivity contribution is 6.30. The molecule has 0 saturated heterocycles. The molecule has 2 amide bonds. The summed E-state index contributed by atoms with van der Waals surface area (Å²) in [5, 5.41) is 6.16. The van der Waals surface area contributed by atoms with Gasteiger partial charge in [-0.15, -0.1) is 0 Å². The van der Waals surface area contributed by atoms with Crippen LogP contribution in [0.25, 0.3) is 0 Å². The van der Waals surface area contributed by atoms with Gasteiger partial charge in [0.2, 0.25) is 0 Å². The Labute approximate surface area is 116 Å². The Bertz CT molecular complexity index is 560. The molecule has 0 bridgehead atoms. The maximum atomic E-state index is 11.8. The van der Waals surface area contributed by atoms with Crippen molar-refractivity contribution in [3.63, 3.8) is 0 Å². The van der Waals surface area contributed by atoms with E-state index in [1.165, 1.54) is 0 Å². The molecule has 0 aliphatic rings. The van der Waals surface area contributed by atoms with E-state index in [1.54, 1.807) is 36.7 Å². The van der Waals surface area contributed by atoms with Crippen LogP contribution in [0, 0.1) is 0 Å². The molecule has 2 aromatic rings. The number of carbonyl (C=O) groups excluding carboxylic acids is 1. The lowest BCUT2D eigenvalue weighted by Gasteiger charge is -2.14. The molecule has 2 rings (SSSR count). The Balaban J connectivity index is 1.95. The first-order valence-corrected chi connectivity index (χ1v) is 6.26. The largest absolute Gasteiger partial charge is 0.331 e. The quantitative estimate of drug-likeness (QED) is 0.899. The molecule has 98 valence electrons. The molecule has 0 aliphatic heterocycles. The number of halogens is 1. The lowest BCUT2D eigenvalue weighted by Crippen LogP contribution is -2.31. The summed E-state index contributed by atoms with van der Waals surface area (Å²) >= 11 is 5.85. The molecule has 0 fully saturated rings. The third-order valence-electron chi connectivity index (χ3n) is 2.64. The van der Waals surface area contributed by atoms with Gasteiger partial charge in [0.15, 0.2) is 0 Å². The predicted octanol–water partition coefficient (Wildman–Crippen LogP) is 3.62. The van der Waals surface area contributed by atoms with Crippen LogP contribution in [0.2, 0.25) is 5.02 Å². The normalized spacial score (nSPS) is 11.7. The Kier molecular flexibility index (Phi) is 4.36. The van der Waals surface area contributed by atoms with E-state index in [9.17, 15) is 4.79 Å². The van der Waals surface area contributed by atoms with Crippen LogP contribution in [0.15, 0.2) is 48.8 Å². The first-order valence-electron chi connectivity index (χ1n) is 5.88. The van der Waals surface area contributed by atoms with Crippen molar-refractivity contribution in [2.75, 3.05) is 5.32 Å². The molecule has 0 saturated carbocycles. The third-order valence-corrected chi connectivity index (χ3v) is 2.87. The van der Waals surface area contributed by atoms with Crippen molar-refractivity contribution in [1.29, 1.82) is 0 Å². The summed E-state index contributed by atoms with van der Waals surface area (Å²) in [5.74, 6) is 0. The summed E-state index contributed by atoms with van der Waals surface area (Å²) in [4.78, 5) is 15.8. The first kappa shape index (κ1) is 13.4. The van der Waals surface area contributed by atoms with Crippen LogP contribution in [-0.4, -0.2) is 11.0 Å². The first-order chi connectivity index (χ1) is 9.15. The van der Waals surface area contributed by atoms with Gasteiger partial charge >= 0.3 is 6.03 Å². The topological polar surface area (TPSA) is 54.0 Å². The predicted molar refractivity (Wildman–Crippen MR) is 76.3 cm³/mol. The monoisotopic (exact) mass is 275 g/mol. The zero-order valence-electron chi connectivity index (χ0n) is 10.4. The van der Waals surface area contributed by atoms with Gasteiger partial charge in [-0.25, -0.2) is 4.79 Å². The van der Waals surface area contributed by atoms with Gasteiger partial charge in [0.05, 0.1) is 6.04 Å². The number of amides is 2.